The highest BCUT2D eigenvalue weighted by Crippen LogP contribution is 2.35. The molecule has 2 bridgehead atoms. The topological polar surface area (TPSA) is 120 Å². The van der Waals surface area contributed by atoms with E-state index in [0.29, 0.717) is 36.1 Å². The quantitative estimate of drug-likeness (QED) is 0.479. The minimum absolute atomic E-state index is 0.151. The largest absolute Gasteiger partial charge is 0.494 e. The fourth-order valence-corrected chi connectivity index (χ4v) is 6.74. The summed E-state index contributed by atoms with van der Waals surface area (Å²) in [7, 11) is 0. The zero-order valence-corrected chi connectivity index (χ0v) is 26.1. The maximum Gasteiger partial charge on any atom is 0.408 e. The molecule has 1 N–H and O–H groups in total. The molecule has 2 aliphatic heterocycles. The van der Waals surface area contributed by atoms with Crippen LogP contribution in [0.3, 0.4) is 0 Å². The Hall–Kier alpha value is -3.43. The predicted molar refractivity (Wildman–Crippen MR) is 162 cm³/mol. The van der Waals surface area contributed by atoms with Crippen molar-refractivity contribution in [3.63, 3.8) is 0 Å². The van der Waals surface area contributed by atoms with Crippen LogP contribution in [0.2, 0.25) is 0 Å². The summed E-state index contributed by atoms with van der Waals surface area (Å²) >= 11 is 0. The molecule has 2 aromatic rings. The molecular formula is C33H46N4O6. The first-order chi connectivity index (χ1) is 20.6. The Labute approximate surface area is 254 Å². The zero-order valence-electron chi connectivity index (χ0n) is 26.1. The van der Waals surface area contributed by atoms with E-state index in [1.165, 1.54) is 0 Å². The Morgan fingerprint density at radius 1 is 1.02 bits per heavy atom. The van der Waals surface area contributed by atoms with E-state index in [0.717, 1.165) is 62.4 Å². The summed E-state index contributed by atoms with van der Waals surface area (Å²) < 4.78 is 18.2. The van der Waals surface area contributed by atoms with Crippen molar-refractivity contribution in [3.05, 3.63) is 23.9 Å². The lowest BCUT2D eigenvalue weighted by molar-refractivity contribution is -0.139. The van der Waals surface area contributed by atoms with E-state index in [-0.39, 0.29) is 24.5 Å². The normalized spacial score (nSPS) is 29.0. The fourth-order valence-electron chi connectivity index (χ4n) is 6.74. The molecule has 3 aliphatic rings. The summed E-state index contributed by atoms with van der Waals surface area (Å²) in [4.78, 5) is 50.9. The number of aldehydes is 1. The number of aromatic nitrogens is 2. The van der Waals surface area contributed by atoms with Crippen LogP contribution in [-0.4, -0.2) is 70.6 Å². The molecule has 5 rings (SSSR count). The van der Waals surface area contributed by atoms with Gasteiger partial charge in [-0.15, -0.1) is 0 Å². The smallest absolute Gasteiger partial charge is 0.408 e. The molecule has 1 aromatic carbocycles. The average molecular weight is 595 g/mol. The third-order valence-electron chi connectivity index (χ3n) is 9.24. The number of amides is 2. The minimum Gasteiger partial charge on any atom is -0.494 e. The predicted octanol–water partition coefficient (Wildman–Crippen LogP) is 5.25. The highest BCUT2D eigenvalue weighted by molar-refractivity contribution is 5.89. The molecule has 10 heteroatoms. The van der Waals surface area contributed by atoms with E-state index >= 15 is 0 Å². The Morgan fingerprint density at radius 3 is 2.56 bits per heavy atom. The summed E-state index contributed by atoms with van der Waals surface area (Å²) in [6.45, 7) is 10.3. The molecule has 0 spiro atoms. The van der Waals surface area contributed by atoms with Crippen LogP contribution in [0.1, 0.15) is 85.3 Å². The number of nitrogens with one attached hydrogen (secondary N) is 1. The molecule has 1 saturated heterocycles. The van der Waals surface area contributed by atoms with Gasteiger partial charge in [0, 0.05) is 12.0 Å². The lowest BCUT2D eigenvalue weighted by Gasteiger charge is -2.35. The van der Waals surface area contributed by atoms with Crippen LogP contribution in [0.25, 0.3) is 11.0 Å². The van der Waals surface area contributed by atoms with E-state index in [1.54, 1.807) is 4.90 Å². The van der Waals surface area contributed by atoms with Crippen molar-refractivity contribution in [2.24, 2.45) is 17.3 Å². The molecule has 43 heavy (non-hydrogen) atoms. The summed E-state index contributed by atoms with van der Waals surface area (Å²) in [5.74, 6) is 0.834. The van der Waals surface area contributed by atoms with E-state index in [9.17, 15) is 14.4 Å². The SMILES string of the molecule is CCOc1ccc2nc3c(nc2c1)O[C@H]1CN(C(=O)[C@H](C(C)(C)C)NC(=O)O[C@@H]2CCC[C@H]2CCCCC3)[C@H](C=O)[C@@H]1C. The van der Waals surface area contributed by atoms with Crippen molar-refractivity contribution in [2.45, 2.75) is 110 Å². The van der Waals surface area contributed by atoms with Crippen molar-refractivity contribution < 1.29 is 28.6 Å². The van der Waals surface area contributed by atoms with Gasteiger partial charge in [0.25, 0.3) is 0 Å². The van der Waals surface area contributed by atoms with Crippen LogP contribution in [0.4, 0.5) is 4.79 Å². The number of aryl methyl sites for hydroxylation is 1. The number of ether oxygens (including phenoxy) is 3. The highest BCUT2D eigenvalue weighted by Gasteiger charge is 2.47. The summed E-state index contributed by atoms with van der Waals surface area (Å²) in [5, 5.41) is 2.87. The second-order valence-electron chi connectivity index (χ2n) is 13.4. The molecule has 1 aliphatic carbocycles. The number of alkyl carbamates (subject to hydrolysis) is 1. The van der Waals surface area contributed by atoms with Gasteiger partial charge in [0.05, 0.1) is 30.2 Å². The number of hydrogen-bond acceptors (Lipinski definition) is 8. The lowest BCUT2D eigenvalue weighted by atomic mass is 9.85. The Kier molecular flexibility index (Phi) is 9.42. The molecule has 2 fully saturated rings. The third kappa shape index (κ3) is 6.88. The molecular weight excluding hydrogens is 548 g/mol. The highest BCUT2D eigenvalue weighted by atomic mass is 16.6. The van der Waals surface area contributed by atoms with Crippen molar-refractivity contribution >= 4 is 29.3 Å². The number of carbonyl (C=O) groups excluding carboxylic acids is 3. The van der Waals surface area contributed by atoms with Crippen LogP contribution in [-0.2, 0) is 20.7 Å². The molecule has 10 nitrogen and oxygen atoms in total. The van der Waals surface area contributed by atoms with E-state index in [4.69, 9.17) is 24.2 Å². The maximum atomic E-state index is 14.0. The van der Waals surface area contributed by atoms with Gasteiger partial charge in [0.1, 0.15) is 36.0 Å². The first-order valence-corrected chi connectivity index (χ1v) is 15.9. The van der Waals surface area contributed by atoms with Gasteiger partial charge < -0.3 is 29.2 Å². The van der Waals surface area contributed by atoms with Crippen LogP contribution < -0.4 is 14.8 Å². The average Bonchev–Trinajstić information content (AvgIpc) is 3.53. The fraction of sp³-hybridized carbons (Fsp3) is 0.667. The van der Waals surface area contributed by atoms with Crippen molar-refractivity contribution in [2.75, 3.05) is 13.2 Å². The minimum atomic E-state index is -0.875. The number of benzene rings is 1. The Balaban J connectivity index is 1.50. The van der Waals surface area contributed by atoms with Crippen molar-refractivity contribution in [3.8, 4) is 11.6 Å². The van der Waals surface area contributed by atoms with Crippen molar-refractivity contribution in [1.29, 1.82) is 0 Å². The van der Waals surface area contributed by atoms with Gasteiger partial charge in [-0.2, -0.15) is 0 Å². The standard InChI is InChI=1S/C33H46N4O6/c1-6-41-22-15-16-23-25(17-22)35-30-24(34-23)13-9-7-8-11-21-12-10-14-27(21)43-32(40)36-29(33(3,4)5)31(39)37-18-28(42-30)20(2)26(37)19-38/h15-17,19-21,26-29H,6-14,18H2,1-5H3,(H,36,40)/t20-,21+,26+,27+,28-,29+/m0/s1. The third-order valence-corrected chi connectivity index (χ3v) is 9.24. The Morgan fingerprint density at radius 2 is 1.81 bits per heavy atom. The Bertz CT molecular complexity index is 1330. The number of nitrogens with zero attached hydrogens (tertiary/aromatic N) is 3. The number of hydrogen-bond donors (Lipinski definition) is 1. The van der Waals surface area contributed by atoms with Gasteiger partial charge in [-0.25, -0.2) is 14.8 Å². The molecule has 1 aromatic heterocycles. The molecule has 0 radical (unpaired) electrons. The maximum absolute atomic E-state index is 14.0. The van der Waals surface area contributed by atoms with Crippen LogP contribution in [0, 0.1) is 17.3 Å². The monoisotopic (exact) mass is 594 g/mol. The van der Waals surface area contributed by atoms with Gasteiger partial charge in [0.15, 0.2) is 0 Å². The number of fused-ring (bicyclic) bond motifs is 5. The van der Waals surface area contributed by atoms with Gasteiger partial charge in [-0.05, 0) is 68.9 Å². The zero-order chi connectivity index (χ0) is 30.7. The van der Waals surface area contributed by atoms with Gasteiger partial charge in [0.2, 0.25) is 11.8 Å². The molecule has 0 unspecified atom stereocenters. The van der Waals surface area contributed by atoms with Crippen LogP contribution in [0.5, 0.6) is 11.6 Å². The van der Waals surface area contributed by atoms with E-state index in [2.05, 4.69) is 5.32 Å². The molecule has 6 atom stereocenters. The van der Waals surface area contributed by atoms with Gasteiger partial charge in [-0.1, -0.05) is 40.5 Å². The second kappa shape index (κ2) is 13.1. The summed E-state index contributed by atoms with van der Waals surface area (Å²) in [5.41, 5.74) is 1.60. The number of rotatable bonds is 3. The summed E-state index contributed by atoms with van der Waals surface area (Å²) in [6, 6.07) is 4.10. The molecule has 1 saturated carbocycles. The molecule has 2 amide bonds. The lowest BCUT2D eigenvalue weighted by Crippen LogP contribution is -2.56. The second-order valence-corrected chi connectivity index (χ2v) is 13.4. The number of carbonyl (C=O) groups is 3. The molecule has 3 heterocycles. The van der Waals surface area contributed by atoms with Crippen LogP contribution in [0.15, 0.2) is 18.2 Å². The summed E-state index contributed by atoms with van der Waals surface area (Å²) in [6.07, 6.45) is 7.14. The first kappa shape index (κ1) is 31.0. The van der Waals surface area contributed by atoms with Gasteiger partial charge >= 0.3 is 6.09 Å². The first-order valence-electron chi connectivity index (χ1n) is 15.9. The molecule has 234 valence electrons. The van der Waals surface area contributed by atoms with E-state index < -0.39 is 29.7 Å². The van der Waals surface area contributed by atoms with Gasteiger partial charge in [-0.3, -0.25) is 4.79 Å². The van der Waals surface area contributed by atoms with E-state index in [1.807, 2.05) is 52.8 Å². The van der Waals surface area contributed by atoms with Crippen molar-refractivity contribution in [1.82, 2.24) is 20.2 Å². The van der Waals surface area contributed by atoms with Crippen LogP contribution >= 0.6 is 0 Å².